The van der Waals surface area contributed by atoms with Crippen molar-refractivity contribution < 1.29 is 13.2 Å². The predicted octanol–water partition coefficient (Wildman–Crippen LogP) is 4.32. The van der Waals surface area contributed by atoms with E-state index in [9.17, 15) is 13.2 Å². The number of fused-ring (bicyclic) bond motifs is 1. The van der Waals surface area contributed by atoms with Crippen molar-refractivity contribution in [2.75, 3.05) is 45.2 Å². The van der Waals surface area contributed by atoms with Gasteiger partial charge < -0.3 is 4.90 Å². The second-order valence-electron chi connectivity index (χ2n) is 8.50. The van der Waals surface area contributed by atoms with E-state index in [0.29, 0.717) is 48.5 Å². The second-order valence-corrected chi connectivity index (χ2v) is 13.4. The number of carbonyl (C=O) groups excluding carboxylic acids is 1. The Morgan fingerprint density at radius 1 is 1.15 bits per heavy atom. The van der Waals surface area contributed by atoms with Crippen LogP contribution in [-0.4, -0.2) is 68.8 Å². The minimum absolute atomic E-state index is 0.0174. The van der Waals surface area contributed by atoms with Gasteiger partial charge in [0.05, 0.1) is 14.6 Å². The summed E-state index contributed by atoms with van der Waals surface area (Å²) < 4.78 is 29.0. The van der Waals surface area contributed by atoms with E-state index >= 15 is 0 Å². The van der Waals surface area contributed by atoms with Gasteiger partial charge in [0.25, 0.3) is 10.0 Å². The molecule has 0 N–H and O–H groups in total. The average molecular weight is 527 g/mol. The number of anilines is 1. The van der Waals surface area contributed by atoms with Crippen LogP contribution < -0.4 is 4.90 Å². The summed E-state index contributed by atoms with van der Waals surface area (Å²) >= 11 is 8.51. The van der Waals surface area contributed by atoms with Crippen molar-refractivity contribution in [3.05, 3.63) is 40.2 Å². The van der Waals surface area contributed by atoms with Gasteiger partial charge in [-0.3, -0.25) is 9.69 Å². The number of aryl methyl sites for hydroxylation is 1. The Balaban J connectivity index is 1.51. The van der Waals surface area contributed by atoms with E-state index in [2.05, 4.69) is 6.07 Å². The van der Waals surface area contributed by atoms with Crippen LogP contribution in [0.2, 0.25) is 4.34 Å². The fourth-order valence-corrected chi connectivity index (χ4v) is 8.06. The topological polar surface area (TPSA) is 73.8 Å². The summed E-state index contributed by atoms with van der Waals surface area (Å²) in [5, 5.41) is 0.700. The first-order valence-electron chi connectivity index (χ1n) is 10.7. The fourth-order valence-electron chi connectivity index (χ4n) is 3.86. The molecule has 0 aliphatic carbocycles. The van der Waals surface area contributed by atoms with E-state index in [0.717, 1.165) is 27.1 Å². The molecule has 3 aromatic rings. The summed E-state index contributed by atoms with van der Waals surface area (Å²) in [7, 11) is 0.373. The first-order chi connectivity index (χ1) is 15.6. The maximum Gasteiger partial charge on any atom is 0.252 e. The summed E-state index contributed by atoms with van der Waals surface area (Å²) in [6.45, 7) is 3.92. The molecule has 33 heavy (non-hydrogen) atoms. The van der Waals surface area contributed by atoms with Crippen LogP contribution in [0, 0.1) is 12.8 Å². The van der Waals surface area contributed by atoms with Crippen LogP contribution in [-0.2, 0) is 14.8 Å². The third kappa shape index (κ3) is 5.41. The molecule has 1 saturated heterocycles. The number of likely N-dealkylation sites (N-methyl/N-ethyl adjacent to an activating group) is 1. The van der Waals surface area contributed by atoms with Crippen molar-refractivity contribution >= 4 is 65.6 Å². The molecule has 3 heterocycles. The molecule has 0 spiro atoms. The highest BCUT2D eigenvalue weighted by Gasteiger charge is 2.35. The lowest BCUT2D eigenvalue weighted by molar-refractivity contribution is -0.123. The Kier molecular flexibility index (Phi) is 7.42. The van der Waals surface area contributed by atoms with E-state index in [1.54, 1.807) is 11.0 Å². The van der Waals surface area contributed by atoms with Crippen molar-refractivity contribution in [3.63, 3.8) is 0 Å². The minimum Gasteiger partial charge on any atom is -0.308 e. The Labute approximate surface area is 207 Å². The molecule has 178 valence electrons. The normalized spacial score (nSPS) is 16.0. The number of thiophene rings is 1. The highest BCUT2D eigenvalue weighted by molar-refractivity contribution is 7.91. The lowest BCUT2D eigenvalue weighted by Gasteiger charge is -2.33. The number of thiazole rings is 1. The largest absolute Gasteiger partial charge is 0.308 e. The predicted molar refractivity (Wildman–Crippen MR) is 136 cm³/mol. The molecule has 11 heteroatoms. The number of sulfonamides is 1. The smallest absolute Gasteiger partial charge is 0.252 e. The van der Waals surface area contributed by atoms with Crippen molar-refractivity contribution in [2.24, 2.45) is 5.92 Å². The van der Waals surface area contributed by atoms with Crippen LogP contribution in [0.15, 0.2) is 34.5 Å². The zero-order chi connectivity index (χ0) is 23.8. The number of hydrogen-bond donors (Lipinski definition) is 0. The number of aromatic nitrogens is 1. The quantitative estimate of drug-likeness (QED) is 0.458. The average Bonchev–Trinajstić information content (AvgIpc) is 3.40. The molecule has 0 radical (unpaired) electrons. The van der Waals surface area contributed by atoms with Gasteiger partial charge in [0, 0.05) is 32.1 Å². The van der Waals surface area contributed by atoms with Crippen LogP contribution >= 0.6 is 34.3 Å². The van der Waals surface area contributed by atoms with Gasteiger partial charge in [-0.2, -0.15) is 4.31 Å². The second kappa shape index (κ2) is 9.97. The van der Waals surface area contributed by atoms with E-state index in [4.69, 9.17) is 16.6 Å². The highest BCUT2D eigenvalue weighted by atomic mass is 35.5. The van der Waals surface area contributed by atoms with Crippen LogP contribution in [0.5, 0.6) is 0 Å². The number of benzene rings is 1. The third-order valence-electron chi connectivity index (χ3n) is 5.75. The van der Waals surface area contributed by atoms with E-state index in [-0.39, 0.29) is 16.0 Å². The SMILES string of the molecule is Cc1ccc2nc(N(CCN(C)C)C(=O)C3CCN(S(=O)(=O)c4ccc(Cl)s4)CC3)sc2c1. The van der Waals surface area contributed by atoms with Gasteiger partial charge in [-0.25, -0.2) is 13.4 Å². The lowest BCUT2D eigenvalue weighted by atomic mass is 9.96. The number of hydrogen-bond acceptors (Lipinski definition) is 7. The highest BCUT2D eigenvalue weighted by Crippen LogP contribution is 2.33. The fraction of sp³-hybridized carbons (Fsp3) is 0.455. The summed E-state index contributed by atoms with van der Waals surface area (Å²) in [6, 6.07) is 9.23. The van der Waals surface area contributed by atoms with Crippen LogP contribution in [0.1, 0.15) is 18.4 Å². The first-order valence-corrected chi connectivity index (χ1v) is 14.2. The third-order valence-corrected chi connectivity index (χ3v) is 10.4. The van der Waals surface area contributed by atoms with Crippen LogP contribution in [0.25, 0.3) is 10.2 Å². The molecule has 0 saturated carbocycles. The Hall–Kier alpha value is -1.56. The molecule has 1 aliphatic rings. The minimum atomic E-state index is -3.58. The summed E-state index contributed by atoms with van der Waals surface area (Å²) in [5.41, 5.74) is 2.04. The monoisotopic (exact) mass is 526 g/mol. The summed E-state index contributed by atoms with van der Waals surface area (Å²) in [5.74, 6) is -0.219. The van der Waals surface area contributed by atoms with E-state index in [1.807, 2.05) is 38.1 Å². The van der Waals surface area contributed by atoms with Gasteiger partial charge >= 0.3 is 0 Å². The first kappa shape index (κ1) is 24.6. The van der Waals surface area contributed by atoms with Crippen molar-refractivity contribution in [1.82, 2.24) is 14.2 Å². The van der Waals surface area contributed by atoms with Gasteiger partial charge in [-0.05, 0) is 63.7 Å². The van der Waals surface area contributed by atoms with E-state index in [1.165, 1.54) is 21.7 Å². The molecular weight excluding hydrogens is 500 g/mol. The molecule has 0 unspecified atom stereocenters. The Bertz CT molecular complexity index is 1250. The summed E-state index contributed by atoms with van der Waals surface area (Å²) in [6.07, 6.45) is 0.972. The van der Waals surface area contributed by atoms with Crippen LogP contribution in [0.4, 0.5) is 5.13 Å². The maximum atomic E-state index is 13.6. The molecule has 1 aliphatic heterocycles. The van der Waals surface area contributed by atoms with Gasteiger partial charge in [0.1, 0.15) is 4.21 Å². The molecule has 4 rings (SSSR count). The molecule has 1 amide bonds. The number of carbonyl (C=O) groups is 1. The molecular formula is C22H27ClN4O3S3. The number of halogens is 1. The lowest BCUT2D eigenvalue weighted by Crippen LogP contribution is -2.45. The molecule has 1 fully saturated rings. The molecule has 0 atom stereocenters. The van der Waals surface area contributed by atoms with Crippen molar-refractivity contribution in [2.45, 2.75) is 24.0 Å². The molecule has 1 aromatic carbocycles. The van der Waals surface area contributed by atoms with E-state index < -0.39 is 10.0 Å². The van der Waals surface area contributed by atoms with Gasteiger partial charge in [-0.15, -0.1) is 11.3 Å². The van der Waals surface area contributed by atoms with Crippen molar-refractivity contribution in [1.29, 1.82) is 0 Å². The number of nitrogens with zero attached hydrogens (tertiary/aromatic N) is 4. The van der Waals surface area contributed by atoms with Gasteiger partial charge in [0.15, 0.2) is 5.13 Å². The van der Waals surface area contributed by atoms with Gasteiger partial charge in [-0.1, -0.05) is 29.0 Å². The van der Waals surface area contributed by atoms with Gasteiger partial charge in [0.2, 0.25) is 5.91 Å². The molecule has 0 bridgehead atoms. The van der Waals surface area contributed by atoms with Crippen molar-refractivity contribution in [3.8, 4) is 0 Å². The summed E-state index contributed by atoms with van der Waals surface area (Å²) in [4.78, 5) is 22.1. The maximum absolute atomic E-state index is 13.6. The number of piperidine rings is 1. The number of rotatable bonds is 7. The number of amides is 1. The zero-order valence-corrected chi connectivity index (χ0v) is 22.0. The Morgan fingerprint density at radius 3 is 2.52 bits per heavy atom. The zero-order valence-electron chi connectivity index (χ0n) is 18.8. The molecule has 2 aromatic heterocycles. The van der Waals surface area contributed by atoms with Crippen LogP contribution in [0.3, 0.4) is 0 Å². The standard InChI is InChI=1S/C22H27ClN4O3S3/c1-15-4-5-17-18(14-15)31-22(24-17)27(13-12-25(2)3)21(28)16-8-10-26(11-9-16)33(29,30)20-7-6-19(23)32-20/h4-7,14,16H,8-13H2,1-3H3. The molecule has 7 nitrogen and oxygen atoms in total. The Morgan fingerprint density at radius 2 is 1.88 bits per heavy atom.